The van der Waals surface area contributed by atoms with Gasteiger partial charge in [-0.2, -0.15) is 13.2 Å². The molecule has 2 aromatic rings. The van der Waals surface area contributed by atoms with Crippen molar-refractivity contribution < 1.29 is 36.6 Å². The molecule has 0 atom stereocenters. The standard InChI is InChI=1S/C17H9Cl3F4O4/c18-8-6-10(19)16(11(20)7-8)28-14(26)5-4-13(25)27-12-3-1-2-9(15(12)21)17(22,23)24/h1-3,6-7H,4-5H2. The van der Waals surface area contributed by atoms with E-state index in [1.165, 1.54) is 12.1 Å². The van der Waals surface area contributed by atoms with E-state index in [0.29, 0.717) is 6.07 Å². The highest BCUT2D eigenvalue weighted by Gasteiger charge is 2.35. The van der Waals surface area contributed by atoms with Gasteiger partial charge in [0.05, 0.1) is 28.5 Å². The molecule has 11 heteroatoms. The van der Waals surface area contributed by atoms with Crippen LogP contribution in [-0.4, -0.2) is 11.9 Å². The van der Waals surface area contributed by atoms with Crippen molar-refractivity contribution in [3.8, 4) is 11.5 Å². The van der Waals surface area contributed by atoms with E-state index >= 15 is 0 Å². The van der Waals surface area contributed by atoms with Crippen molar-refractivity contribution in [3.63, 3.8) is 0 Å². The van der Waals surface area contributed by atoms with Crippen molar-refractivity contribution in [2.45, 2.75) is 19.0 Å². The smallest absolute Gasteiger partial charge is 0.419 e. The van der Waals surface area contributed by atoms with Gasteiger partial charge in [-0.15, -0.1) is 0 Å². The van der Waals surface area contributed by atoms with Crippen molar-refractivity contribution in [1.29, 1.82) is 0 Å². The van der Waals surface area contributed by atoms with Crippen LogP contribution in [0.15, 0.2) is 30.3 Å². The van der Waals surface area contributed by atoms with Crippen LogP contribution in [0.25, 0.3) is 0 Å². The molecule has 0 spiro atoms. The minimum Gasteiger partial charge on any atom is -0.423 e. The van der Waals surface area contributed by atoms with Crippen LogP contribution in [-0.2, 0) is 15.8 Å². The SMILES string of the molecule is O=C(CCC(=O)Oc1c(Cl)cc(Cl)cc1Cl)Oc1cccc(C(F)(F)F)c1F. The molecule has 2 rings (SSSR count). The number of carbonyl (C=O) groups is 2. The van der Waals surface area contributed by atoms with Gasteiger partial charge in [-0.25, -0.2) is 4.39 Å². The molecule has 4 nitrogen and oxygen atoms in total. The van der Waals surface area contributed by atoms with Crippen LogP contribution in [0.2, 0.25) is 15.1 Å². The predicted molar refractivity (Wildman–Crippen MR) is 93.4 cm³/mol. The molecule has 2 aromatic carbocycles. The highest BCUT2D eigenvalue weighted by molar-refractivity contribution is 6.40. The fourth-order valence-electron chi connectivity index (χ4n) is 1.98. The van der Waals surface area contributed by atoms with Crippen molar-refractivity contribution in [3.05, 3.63) is 56.8 Å². The zero-order valence-electron chi connectivity index (χ0n) is 13.6. The topological polar surface area (TPSA) is 52.6 Å². The summed E-state index contributed by atoms with van der Waals surface area (Å²) in [4.78, 5) is 23.5. The summed E-state index contributed by atoms with van der Waals surface area (Å²) in [5.74, 6) is -4.87. The lowest BCUT2D eigenvalue weighted by atomic mass is 10.2. The highest BCUT2D eigenvalue weighted by Crippen LogP contribution is 2.36. The molecular formula is C17H9Cl3F4O4. The lowest BCUT2D eigenvalue weighted by Gasteiger charge is -2.11. The van der Waals surface area contributed by atoms with Crippen LogP contribution in [0.1, 0.15) is 18.4 Å². The van der Waals surface area contributed by atoms with E-state index < -0.39 is 48.1 Å². The number of hydrogen-bond donors (Lipinski definition) is 0. The van der Waals surface area contributed by atoms with Crippen LogP contribution in [0.3, 0.4) is 0 Å². The van der Waals surface area contributed by atoms with Crippen molar-refractivity contribution in [2.24, 2.45) is 0 Å². The van der Waals surface area contributed by atoms with Crippen LogP contribution in [0, 0.1) is 5.82 Å². The molecular weight excluding hydrogens is 451 g/mol. The van der Waals surface area contributed by atoms with E-state index in [1.807, 2.05) is 0 Å². The van der Waals surface area contributed by atoms with Gasteiger partial charge >= 0.3 is 18.1 Å². The lowest BCUT2D eigenvalue weighted by Crippen LogP contribution is -2.16. The number of alkyl halides is 3. The Balaban J connectivity index is 1.97. The average Bonchev–Trinajstić information content (AvgIpc) is 2.57. The fourth-order valence-corrected chi connectivity index (χ4v) is 2.87. The fraction of sp³-hybridized carbons (Fsp3) is 0.176. The minimum absolute atomic E-state index is 0.0422. The maximum Gasteiger partial charge on any atom is 0.419 e. The first-order chi connectivity index (χ1) is 13.0. The molecule has 0 aliphatic rings. The molecule has 0 bridgehead atoms. The Morgan fingerprint density at radius 2 is 1.46 bits per heavy atom. The molecule has 0 radical (unpaired) electrons. The molecule has 0 amide bonds. The van der Waals surface area contributed by atoms with Gasteiger partial charge in [0.2, 0.25) is 0 Å². The molecule has 28 heavy (non-hydrogen) atoms. The van der Waals surface area contributed by atoms with Crippen LogP contribution >= 0.6 is 34.8 Å². The Hall–Kier alpha value is -2.03. The second-order valence-electron chi connectivity index (χ2n) is 5.26. The first-order valence-electron chi connectivity index (χ1n) is 7.40. The minimum atomic E-state index is -4.95. The number of carbonyl (C=O) groups excluding carboxylic acids is 2. The molecule has 0 saturated heterocycles. The van der Waals surface area contributed by atoms with E-state index in [4.69, 9.17) is 39.5 Å². The molecule has 150 valence electrons. The summed E-state index contributed by atoms with van der Waals surface area (Å²) in [6.45, 7) is 0. The van der Waals surface area contributed by atoms with Gasteiger partial charge < -0.3 is 9.47 Å². The Labute approximate surface area is 170 Å². The van der Waals surface area contributed by atoms with Gasteiger partial charge in [-0.3, -0.25) is 9.59 Å². The molecule has 0 unspecified atom stereocenters. The lowest BCUT2D eigenvalue weighted by molar-refractivity contribution is -0.142. The van der Waals surface area contributed by atoms with Gasteiger partial charge in [-0.1, -0.05) is 40.9 Å². The summed E-state index contributed by atoms with van der Waals surface area (Å²) in [6.07, 6.45) is -6.06. The van der Waals surface area contributed by atoms with E-state index in [2.05, 4.69) is 4.74 Å². The Morgan fingerprint density at radius 1 is 0.929 bits per heavy atom. The monoisotopic (exact) mass is 458 g/mol. The van der Waals surface area contributed by atoms with Gasteiger partial charge in [0.25, 0.3) is 0 Å². The summed E-state index contributed by atoms with van der Waals surface area (Å²) in [5, 5.41) is 0.125. The van der Waals surface area contributed by atoms with Crippen LogP contribution < -0.4 is 9.47 Å². The van der Waals surface area contributed by atoms with Crippen molar-refractivity contribution in [1.82, 2.24) is 0 Å². The first kappa shape index (κ1) is 22.3. The van der Waals surface area contributed by atoms with Crippen molar-refractivity contribution >= 4 is 46.7 Å². The van der Waals surface area contributed by atoms with Gasteiger partial charge in [0.1, 0.15) is 0 Å². The predicted octanol–water partition coefficient (Wildman–Crippen LogP) is 6.10. The van der Waals surface area contributed by atoms with Crippen molar-refractivity contribution in [2.75, 3.05) is 0 Å². The third-order valence-electron chi connectivity index (χ3n) is 3.20. The largest absolute Gasteiger partial charge is 0.423 e. The quantitative estimate of drug-likeness (QED) is 0.308. The Kier molecular flexibility index (Phi) is 7.14. The molecule has 0 aliphatic heterocycles. The molecule has 0 aliphatic carbocycles. The average molecular weight is 460 g/mol. The second-order valence-corrected chi connectivity index (χ2v) is 6.51. The molecule has 0 fully saturated rings. The summed E-state index contributed by atoms with van der Waals surface area (Å²) in [6, 6.07) is 4.80. The number of benzene rings is 2. The number of esters is 2. The van der Waals surface area contributed by atoms with Gasteiger partial charge in [0.15, 0.2) is 17.3 Å². The van der Waals surface area contributed by atoms with Crippen LogP contribution in [0.4, 0.5) is 17.6 Å². The van der Waals surface area contributed by atoms with E-state index in [1.54, 1.807) is 0 Å². The number of rotatable bonds is 5. The maximum atomic E-state index is 13.8. The molecule has 0 saturated carbocycles. The number of halogens is 7. The van der Waals surface area contributed by atoms with Crippen LogP contribution in [0.5, 0.6) is 11.5 Å². The maximum absolute atomic E-state index is 13.8. The second kappa shape index (κ2) is 8.98. The first-order valence-corrected chi connectivity index (χ1v) is 8.54. The third-order valence-corrected chi connectivity index (χ3v) is 3.98. The highest BCUT2D eigenvalue weighted by atomic mass is 35.5. The third kappa shape index (κ3) is 5.73. The van der Waals surface area contributed by atoms with Gasteiger partial charge in [-0.05, 0) is 24.3 Å². The van der Waals surface area contributed by atoms with Gasteiger partial charge in [0, 0.05) is 5.02 Å². The summed E-state index contributed by atoms with van der Waals surface area (Å²) in [7, 11) is 0. The van der Waals surface area contributed by atoms with E-state index in [0.717, 1.165) is 12.1 Å². The zero-order chi connectivity index (χ0) is 21.1. The molecule has 0 heterocycles. The molecule has 0 N–H and O–H groups in total. The molecule has 0 aromatic heterocycles. The summed E-state index contributed by atoms with van der Waals surface area (Å²) >= 11 is 17.4. The Bertz CT molecular complexity index is 893. The normalized spacial score (nSPS) is 11.2. The zero-order valence-corrected chi connectivity index (χ0v) is 15.8. The summed E-state index contributed by atoms with van der Waals surface area (Å²) in [5.41, 5.74) is -1.58. The Morgan fingerprint density at radius 3 is 2.00 bits per heavy atom. The number of hydrogen-bond acceptors (Lipinski definition) is 4. The van der Waals surface area contributed by atoms with E-state index in [9.17, 15) is 27.2 Å². The van der Waals surface area contributed by atoms with E-state index in [-0.39, 0.29) is 20.8 Å². The summed E-state index contributed by atoms with van der Waals surface area (Å²) < 4.78 is 61.2. The number of ether oxygens (including phenoxy) is 2.